The summed E-state index contributed by atoms with van der Waals surface area (Å²) in [4.78, 5) is 12.5. The molecule has 0 bridgehead atoms. The van der Waals surface area contributed by atoms with Crippen LogP contribution in [0.25, 0.3) is 0 Å². The number of para-hydroxylation sites is 2. The molecule has 1 rings (SSSR count). The fraction of sp³-hybridized carbons (Fsp3) is 0.364. The number of carbonyl (C=O) groups excluding carboxylic acids is 1. The maximum absolute atomic E-state index is 12.8. The van der Waals surface area contributed by atoms with Gasteiger partial charge < -0.3 is 15.0 Å². The number of carbonyl (C=O) groups is 1. The number of rotatable bonds is 4. The molecule has 1 aromatic rings. The minimum absolute atomic E-state index is 0.124. The number of nitrogens with one attached hydrogen (secondary N) is 1. The Bertz CT molecular complexity index is 452. The molecule has 0 saturated heterocycles. The van der Waals surface area contributed by atoms with E-state index < -0.39 is 24.3 Å². The van der Waals surface area contributed by atoms with Gasteiger partial charge in [0.2, 0.25) is 0 Å². The predicted octanol–water partition coefficient (Wildman–Crippen LogP) is 3.02. The highest BCUT2D eigenvalue weighted by atomic mass is 19.3. The molecule has 106 valence electrons. The Morgan fingerprint density at radius 3 is 2.42 bits per heavy atom. The van der Waals surface area contributed by atoms with Gasteiger partial charge in [0, 0.05) is 14.1 Å². The topological polar surface area (TPSA) is 41.6 Å². The van der Waals surface area contributed by atoms with Crippen LogP contribution >= 0.6 is 0 Å². The van der Waals surface area contributed by atoms with Gasteiger partial charge in [0.15, 0.2) is 0 Å². The maximum atomic E-state index is 12.8. The molecule has 0 atom stereocenters. The van der Waals surface area contributed by atoms with Gasteiger partial charge in [-0.2, -0.15) is 17.6 Å². The van der Waals surface area contributed by atoms with Gasteiger partial charge in [-0.15, -0.1) is 0 Å². The van der Waals surface area contributed by atoms with Crippen LogP contribution in [0.1, 0.15) is 0 Å². The van der Waals surface area contributed by atoms with Crippen molar-refractivity contribution in [2.45, 2.75) is 12.5 Å². The number of nitrogens with zero attached hydrogens (tertiary/aromatic N) is 1. The first-order chi connectivity index (χ1) is 8.74. The van der Waals surface area contributed by atoms with Crippen LogP contribution in [-0.4, -0.2) is 37.6 Å². The van der Waals surface area contributed by atoms with Crippen LogP contribution in [0.3, 0.4) is 0 Å². The molecule has 0 spiro atoms. The second kappa shape index (κ2) is 5.77. The van der Waals surface area contributed by atoms with Gasteiger partial charge in [-0.1, -0.05) is 12.1 Å². The summed E-state index contributed by atoms with van der Waals surface area (Å²) < 4.78 is 53.7. The third-order valence-electron chi connectivity index (χ3n) is 2.03. The smallest absolute Gasteiger partial charge is 0.426 e. The summed E-state index contributed by atoms with van der Waals surface area (Å²) in [5, 5.41) is 2.26. The van der Waals surface area contributed by atoms with Crippen LogP contribution in [0.5, 0.6) is 5.75 Å². The van der Waals surface area contributed by atoms with Crippen molar-refractivity contribution in [1.82, 2.24) is 4.90 Å². The minimum Gasteiger partial charge on any atom is -0.426 e. The van der Waals surface area contributed by atoms with E-state index >= 15 is 0 Å². The summed E-state index contributed by atoms with van der Waals surface area (Å²) in [6.07, 6.45) is -8.59. The fourth-order valence-electron chi connectivity index (χ4n) is 1.08. The molecule has 2 amide bonds. The van der Waals surface area contributed by atoms with Crippen molar-refractivity contribution in [2.24, 2.45) is 0 Å². The van der Waals surface area contributed by atoms with Crippen molar-refractivity contribution in [3.8, 4) is 5.75 Å². The van der Waals surface area contributed by atoms with Gasteiger partial charge in [0.05, 0.1) is 5.69 Å². The van der Waals surface area contributed by atoms with E-state index in [0.717, 1.165) is 11.0 Å². The number of benzene rings is 1. The Morgan fingerprint density at radius 1 is 1.32 bits per heavy atom. The van der Waals surface area contributed by atoms with E-state index in [4.69, 9.17) is 0 Å². The Morgan fingerprint density at radius 2 is 1.89 bits per heavy atom. The summed E-state index contributed by atoms with van der Waals surface area (Å²) in [6, 6.07) is 4.48. The summed E-state index contributed by atoms with van der Waals surface area (Å²) in [7, 11) is 2.87. The lowest BCUT2D eigenvalue weighted by atomic mass is 10.3. The molecule has 0 unspecified atom stereocenters. The molecule has 19 heavy (non-hydrogen) atoms. The molecule has 0 saturated carbocycles. The monoisotopic (exact) mass is 280 g/mol. The number of urea groups is 1. The second-order valence-electron chi connectivity index (χ2n) is 3.79. The predicted molar refractivity (Wildman–Crippen MR) is 60.7 cm³/mol. The molecular weight excluding hydrogens is 268 g/mol. The van der Waals surface area contributed by atoms with Crippen molar-refractivity contribution in [2.75, 3.05) is 19.4 Å². The van der Waals surface area contributed by atoms with E-state index in [-0.39, 0.29) is 5.69 Å². The number of anilines is 1. The van der Waals surface area contributed by atoms with Gasteiger partial charge in [0.25, 0.3) is 0 Å². The van der Waals surface area contributed by atoms with Crippen LogP contribution in [-0.2, 0) is 0 Å². The minimum atomic E-state index is -4.63. The van der Waals surface area contributed by atoms with Gasteiger partial charge in [-0.25, -0.2) is 4.79 Å². The van der Waals surface area contributed by atoms with Crippen molar-refractivity contribution >= 4 is 11.7 Å². The Balaban J connectivity index is 2.93. The van der Waals surface area contributed by atoms with E-state index in [9.17, 15) is 22.4 Å². The van der Waals surface area contributed by atoms with Crippen LogP contribution in [0.15, 0.2) is 24.3 Å². The highest BCUT2D eigenvalue weighted by Crippen LogP contribution is 2.32. The van der Waals surface area contributed by atoms with Gasteiger partial charge in [-0.05, 0) is 12.1 Å². The van der Waals surface area contributed by atoms with Crippen molar-refractivity contribution in [3.63, 3.8) is 0 Å². The quantitative estimate of drug-likeness (QED) is 0.861. The first-order valence-corrected chi connectivity index (χ1v) is 5.16. The zero-order valence-corrected chi connectivity index (χ0v) is 10.2. The lowest BCUT2D eigenvalue weighted by molar-refractivity contribution is -0.252. The molecule has 0 aliphatic rings. The van der Waals surface area contributed by atoms with Crippen LogP contribution < -0.4 is 10.1 Å². The lowest BCUT2D eigenvalue weighted by Crippen LogP contribution is -2.34. The van der Waals surface area contributed by atoms with Crippen LogP contribution in [0.2, 0.25) is 0 Å². The summed E-state index contributed by atoms with van der Waals surface area (Å²) >= 11 is 0. The van der Waals surface area contributed by atoms with E-state index in [1.807, 2.05) is 0 Å². The normalized spacial score (nSPS) is 11.3. The van der Waals surface area contributed by atoms with E-state index in [0.29, 0.717) is 0 Å². The van der Waals surface area contributed by atoms with Crippen molar-refractivity contribution in [1.29, 1.82) is 0 Å². The molecule has 8 heteroatoms. The number of ether oxygens (including phenoxy) is 1. The van der Waals surface area contributed by atoms with Gasteiger partial charge in [0.1, 0.15) is 5.75 Å². The highest BCUT2D eigenvalue weighted by molar-refractivity contribution is 5.90. The number of hydrogen-bond acceptors (Lipinski definition) is 2. The summed E-state index contributed by atoms with van der Waals surface area (Å²) in [5.41, 5.74) is -0.124. The van der Waals surface area contributed by atoms with Crippen LogP contribution in [0.4, 0.5) is 28.0 Å². The van der Waals surface area contributed by atoms with E-state index in [1.165, 1.54) is 32.3 Å². The molecule has 0 aromatic heterocycles. The Labute approximate surface area is 107 Å². The fourth-order valence-corrected chi connectivity index (χ4v) is 1.08. The molecule has 0 aliphatic heterocycles. The Kier molecular flexibility index (Phi) is 4.57. The molecule has 0 aliphatic carbocycles. The van der Waals surface area contributed by atoms with E-state index in [2.05, 4.69) is 10.1 Å². The number of alkyl halides is 4. The average molecular weight is 280 g/mol. The zero-order valence-electron chi connectivity index (χ0n) is 10.2. The molecule has 0 radical (unpaired) electrons. The number of amides is 2. The third-order valence-corrected chi connectivity index (χ3v) is 2.03. The SMILES string of the molecule is CN(C)C(=O)Nc1ccccc1OC(F)(F)C(F)F. The third kappa shape index (κ3) is 4.01. The van der Waals surface area contributed by atoms with Crippen molar-refractivity contribution in [3.05, 3.63) is 24.3 Å². The first-order valence-electron chi connectivity index (χ1n) is 5.16. The molecular formula is C11H12F4N2O2. The number of halogens is 4. The Hall–Kier alpha value is -1.99. The van der Waals surface area contributed by atoms with E-state index in [1.54, 1.807) is 0 Å². The second-order valence-corrected chi connectivity index (χ2v) is 3.79. The van der Waals surface area contributed by atoms with Gasteiger partial charge in [-0.3, -0.25) is 0 Å². The standard InChI is InChI=1S/C11H12F4N2O2/c1-17(2)10(18)16-7-5-3-4-6-8(7)19-11(14,15)9(12)13/h3-6,9H,1-2H3,(H,16,18). The highest BCUT2D eigenvalue weighted by Gasteiger charge is 2.44. The molecule has 1 aromatic carbocycles. The lowest BCUT2D eigenvalue weighted by Gasteiger charge is -2.20. The zero-order chi connectivity index (χ0) is 14.6. The molecule has 4 nitrogen and oxygen atoms in total. The summed E-state index contributed by atoms with van der Waals surface area (Å²) in [6.45, 7) is 0. The average Bonchev–Trinajstić information content (AvgIpc) is 2.30. The maximum Gasteiger partial charge on any atom is 0.461 e. The first kappa shape index (κ1) is 15.1. The molecule has 0 heterocycles. The summed E-state index contributed by atoms with van der Waals surface area (Å²) in [5.74, 6) is -0.539. The van der Waals surface area contributed by atoms with Gasteiger partial charge >= 0.3 is 18.6 Å². The van der Waals surface area contributed by atoms with Crippen molar-refractivity contribution < 1.29 is 27.1 Å². The van der Waals surface area contributed by atoms with Crippen LogP contribution in [0, 0.1) is 0 Å². The number of hydrogen-bond donors (Lipinski definition) is 1. The molecule has 0 fully saturated rings. The molecule has 1 N–H and O–H groups in total. The largest absolute Gasteiger partial charge is 0.461 e.